The summed E-state index contributed by atoms with van der Waals surface area (Å²) in [6.45, 7) is 2.55. The molecule has 2 heterocycles. The van der Waals surface area contributed by atoms with Gasteiger partial charge < -0.3 is 9.84 Å². The maximum Gasteiger partial charge on any atom is 0.303 e. The SMILES string of the molecule is COc1ccc2nccc(CCC[C@@H]3CCN(CC#Cc4ccccc4Cl)C[C@@H]3CCC(=O)O)c2c1. The molecule has 6 heteroatoms. The third-order valence-corrected chi connectivity index (χ3v) is 7.49. The monoisotopic (exact) mass is 504 g/mol. The van der Waals surface area contributed by atoms with E-state index in [-0.39, 0.29) is 6.42 Å². The zero-order valence-corrected chi connectivity index (χ0v) is 21.5. The molecule has 1 aliphatic rings. The molecule has 0 bridgehead atoms. The van der Waals surface area contributed by atoms with Crippen LogP contribution in [0.2, 0.25) is 5.02 Å². The van der Waals surface area contributed by atoms with Crippen molar-refractivity contribution in [2.75, 3.05) is 26.7 Å². The number of ether oxygens (including phenoxy) is 1. The lowest BCUT2D eigenvalue weighted by molar-refractivity contribution is -0.137. The van der Waals surface area contributed by atoms with Crippen molar-refractivity contribution in [2.45, 2.75) is 38.5 Å². The van der Waals surface area contributed by atoms with E-state index < -0.39 is 5.97 Å². The summed E-state index contributed by atoms with van der Waals surface area (Å²) in [6, 6.07) is 15.7. The Balaban J connectivity index is 1.36. The van der Waals surface area contributed by atoms with E-state index in [9.17, 15) is 9.90 Å². The van der Waals surface area contributed by atoms with Crippen molar-refractivity contribution in [2.24, 2.45) is 11.8 Å². The minimum absolute atomic E-state index is 0.217. The fourth-order valence-corrected chi connectivity index (χ4v) is 5.39. The largest absolute Gasteiger partial charge is 0.497 e. The van der Waals surface area contributed by atoms with E-state index in [1.807, 2.05) is 42.6 Å². The van der Waals surface area contributed by atoms with Crippen LogP contribution in [0.4, 0.5) is 0 Å². The smallest absolute Gasteiger partial charge is 0.303 e. The summed E-state index contributed by atoms with van der Waals surface area (Å²) in [5.74, 6) is 7.46. The van der Waals surface area contributed by atoms with E-state index in [2.05, 4.69) is 33.9 Å². The molecule has 4 rings (SSSR count). The molecule has 0 unspecified atom stereocenters. The standard InChI is InChI=1S/C30H33ClN2O3/c1-36-26-12-13-29-27(20-26)23(15-17-32-29)8-4-7-22-16-19-33(21-25(22)11-14-30(34)35)18-5-9-24-6-2-3-10-28(24)31/h2-3,6,10,12-13,15,17,20,22,25H,4,7-8,11,14,16,18-19,21H2,1H3,(H,34,35)/t22-,25+/m1/s1. The molecule has 0 spiro atoms. The third-order valence-electron chi connectivity index (χ3n) is 7.16. The van der Waals surface area contributed by atoms with E-state index in [1.54, 1.807) is 7.11 Å². The number of halogens is 1. The molecule has 1 aliphatic heterocycles. The Kier molecular flexibility index (Phi) is 9.22. The second kappa shape index (κ2) is 12.8. The van der Waals surface area contributed by atoms with E-state index >= 15 is 0 Å². The number of hydrogen-bond acceptors (Lipinski definition) is 4. The van der Waals surface area contributed by atoms with E-state index in [0.29, 0.717) is 29.8 Å². The van der Waals surface area contributed by atoms with Crippen molar-refractivity contribution in [3.05, 3.63) is 70.9 Å². The number of carboxylic acid groups (broad SMARTS) is 1. The number of hydrogen-bond donors (Lipinski definition) is 1. The van der Waals surface area contributed by atoms with Crippen LogP contribution in [0.3, 0.4) is 0 Å². The number of carbonyl (C=O) groups is 1. The molecule has 1 fully saturated rings. The van der Waals surface area contributed by atoms with Gasteiger partial charge in [-0.25, -0.2) is 0 Å². The summed E-state index contributed by atoms with van der Waals surface area (Å²) in [7, 11) is 1.68. The highest BCUT2D eigenvalue weighted by molar-refractivity contribution is 6.31. The lowest BCUT2D eigenvalue weighted by Gasteiger charge is -2.38. The fraction of sp³-hybridized carbons (Fsp3) is 0.400. The van der Waals surface area contributed by atoms with E-state index in [1.165, 1.54) is 5.56 Å². The van der Waals surface area contributed by atoms with Crippen LogP contribution in [0.15, 0.2) is 54.7 Å². The zero-order chi connectivity index (χ0) is 25.3. The average molecular weight is 505 g/mol. The Morgan fingerprint density at radius 2 is 2.06 bits per heavy atom. The highest BCUT2D eigenvalue weighted by Crippen LogP contribution is 2.32. The molecule has 36 heavy (non-hydrogen) atoms. The van der Waals surface area contributed by atoms with Gasteiger partial charge in [-0.1, -0.05) is 35.6 Å². The van der Waals surface area contributed by atoms with Crippen LogP contribution in [0.1, 0.15) is 43.2 Å². The van der Waals surface area contributed by atoms with Crippen molar-refractivity contribution in [1.29, 1.82) is 0 Å². The number of pyridine rings is 1. The molecule has 0 aliphatic carbocycles. The van der Waals surface area contributed by atoms with Gasteiger partial charge in [-0.05, 0) is 92.4 Å². The number of aliphatic carboxylic acids is 1. The van der Waals surface area contributed by atoms with Gasteiger partial charge in [0.15, 0.2) is 0 Å². The van der Waals surface area contributed by atoms with Gasteiger partial charge in [-0.3, -0.25) is 14.7 Å². The summed E-state index contributed by atoms with van der Waals surface area (Å²) < 4.78 is 5.41. The van der Waals surface area contributed by atoms with Crippen molar-refractivity contribution in [3.63, 3.8) is 0 Å². The van der Waals surface area contributed by atoms with E-state index in [4.69, 9.17) is 16.3 Å². The van der Waals surface area contributed by atoms with Gasteiger partial charge >= 0.3 is 5.97 Å². The molecule has 2 aromatic carbocycles. The first kappa shape index (κ1) is 26.0. The molecule has 1 aromatic heterocycles. The van der Waals surface area contributed by atoms with Crippen LogP contribution in [0.5, 0.6) is 5.75 Å². The number of likely N-dealkylation sites (tertiary alicyclic amines) is 1. The first-order chi connectivity index (χ1) is 17.5. The topological polar surface area (TPSA) is 62.7 Å². The summed E-state index contributed by atoms with van der Waals surface area (Å²) in [6.07, 6.45) is 7.01. The number of aryl methyl sites for hydroxylation is 1. The average Bonchev–Trinajstić information content (AvgIpc) is 2.89. The van der Waals surface area contributed by atoms with Crippen molar-refractivity contribution >= 4 is 28.5 Å². The molecule has 2 atom stereocenters. The van der Waals surface area contributed by atoms with Gasteiger partial charge in [0.05, 0.1) is 24.2 Å². The summed E-state index contributed by atoms with van der Waals surface area (Å²) in [4.78, 5) is 18.1. The van der Waals surface area contributed by atoms with Crippen molar-refractivity contribution in [1.82, 2.24) is 9.88 Å². The van der Waals surface area contributed by atoms with Gasteiger partial charge in [0.25, 0.3) is 0 Å². The summed E-state index contributed by atoms with van der Waals surface area (Å²) >= 11 is 6.22. The first-order valence-corrected chi connectivity index (χ1v) is 13.0. The van der Waals surface area contributed by atoms with Crippen LogP contribution in [0, 0.1) is 23.7 Å². The molecule has 188 valence electrons. The lowest BCUT2D eigenvalue weighted by atomic mass is 9.79. The Hall–Kier alpha value is -3.07. The van der Waals surface area contributed by atoms with Crippen LogP contribution in [-0.4, -0.2) is 47.7 Å². The minimum Gasteiger partial charge on any atom is -0.497 e. The third kappa shape index (κ3) is 7.00. The number of fused-ring (bicyclic) bond motifs is 1. The first-order valence-electron chi connectivity index (χ1n) is 12.6. The molecular weight excluding hydrogens is 472 g/mol. The zero-order valence-electron chi connectivity index (χ0n) is 20.8. The van der Waals surface area contributed by atoms with Crippen LogP contribution in [-0.2, 0) is 11.2 Å². The molecule has 3 aromatic rings. The Morgan fingerprint density at radius 1 is 1.19 bits per heavy atom. The van der Waals surface area contributed by atoms with Gasteiger partial charge in [0.2, 0.25) is 0 Å². The molecular formula is C30H33ClN2O3. The van der Waals surface area contributed by atoms with E-state index in [0.717, 1.165) is 61.0 Å². The normalized spacial score (nSPS) is 17.9. The van der Waals surface area contributed by atoms with Crippen LogP contribution < -0.4 is 4.74 Å². The number of piperidine rings is 1. The van der Waals surface area contributed by atoms with Gasteiger partial charge in [-0.2, -0.15) is 0 Å². The Morgan fingerprint density at radius 3 is 2.86 bits per heavy atom. The maximum absolute atomic E-state index is 11.3. The maximum atomic E-state index is 11.3. The highest BCUT2D eigenvalue weighted by atomic mass is 35.5. The highest BCUT2D eigenvalue weighted by Gasteiger charge is 2.29. The lowest BCUT2D eigenvalue weighted by Crippen LogP contribution is -2.41. The van der Waals surface area contributed by atoms with Gasteiger partial charge in [0.1, 0.15) is 5.75 Å². The molecule has 0 saturated carbocycles. The Bertz CT molecular complexity index is 1250. The Labute approximate surface area is 218 Å². The summed E-state index contributed by atoms with van der Waals surface area (Å²) in [5.41, 5.74) is 3.12. The number of carboxylic acids is 1. The molecule has 5 nitrogen and oxygen atoms in total. The second-order valence-electron chi connectivity index (χ2n) is 9.50. The molecule has 1 N–H and O–H groups in total. The number of benzene rings is 2. The number of rotatable bonds is 9. The fourth-order valence-electron chi connectivity index (χ4n) is 5.21. The number of methoxy groups -OCH3 is 1. The number of aromatic nitrogens is 1. The van der Waals surface area contributed by atoms with Gasteiger partial charge in [-0.15, -0.1) is 0 Å². The predicted octanol–water partition coefficient (Wildman–Crippen LogP) is 6.07. The van der Waals surface area contributed by atoms with Crippen LogP contribution >= 0.6 is 11.6 Å². The van der Waals surface area contributed by atoms with Crippen LogP contribution in [0.25, 0.3) is 10.9 Å². The van der Waals surface area contributed by atoms with Crippen molar-refractivity contribution in [3.8, 4) is 17.6 Å². The molecule has 1 saturated heterocycles. The summed E-state index contributed by atoms with van der Waals surface area (Å²) in [5, 5.41) is 11.1. The molecule has 0 radical (unpaired) electrons. The minimum atomic E-state index is -0.721. The predicted molar refractivity (Wildman–Crippen MR) is 144 cm³/mol. The van der Waals surface area contributed by atoms with Crippen molar-refractivity contribution < 1.29 is 14.6 Å². The quantitative estimate of drug-likeness (QED) is 0.358. The molecule has 0 amide bonds. The van der Waals surface area contributed by atoms with Gasteiger partial charge in [0, 0.05) is 30.1 Å². The second-order valence-corrected chi connectivity index (χ2v) is 9.91. The number of nitrogens with zero attached hydrogens (tertiary/aromatic N) is 2.